The van der Waals surface area contributed by atoms with Crippen molar-refractivity contribution in [3.05, 3.63) is 35.1 Å². The summed E-state index contributed by atoms with van der Waals surface area (Å²) in [6, 6.07) is 6.66. The fourth-order valence-corrected chi connectivity index (χ4v) is 2.75. The third-order valence-corrected chi connectivity index (χ3v) is 3.87. The lowest BCUT2D eigenvalue weighted by molar-refractivity contribution is -0.136. The van der Waals surface area contributed by atoms with Crippen molar-refractivity contribution in [2.75, 3.05) is 13.1 Å². The highest BCUT2D eigenvalue weighted by Crippen LogP contribution is 2.35. The molecule has 1 heterocycles. The molecule has 0 atom stereocenters. The Labute approximate surface area is 117 Å². The standard InChI is InChI=1S/C15H17FN2O2/c16-12-3-1-11(2-4-14(19)20)13(9-12)15(10-17)5-7-18-8-6-15/h1,3,9,18H,2,4-8H2,(H,19,20). The summed E-state index contributed by atoms with van der Waals surface area (Å²) in [5, 5.41) is 21.6. The Morgan fingerprint density at radius 1 is 1.45 bits per heavy atom. The van der Waals surface area contributed by atoms with Gasteiger partial charge in [-0.25, -0.2) is 4.39 Å². The minimum absolute atomic E-state index is 0.0155. The minimum Gasteiger partial charge on any atom is -0.481 e. The van der Waals surface area contributed by atoms with Gasteiger partial charge in [-0.3, -0.25) is 4.79 Å². The Morgan fingerprint density at radius 2 is 2.15 bits per heavy atom. The number of benzene rings is 1. The maximum absolute atomic E-state index is 13.6. The summed E-state index contributed by atoms with van der Waals surface area (Å²) >= 11 is 0. The number of nitrogens with zero attached hydrogens (tertiary/aromatic N) is 1. The van der Waals surface area contributed by atoms with Crippen molar-refractivity contribution in [2.45, 2.75) is 31.1 Å². The Bertz CT molecular complexity index is 545. The molecule has 4 nitrogen and oxygen atoms in total. The van der Waals surface area contributed by atoms with E-state index >= 15 is 0 Å². The maximum atomic E-state index is 13.6. The van der Waals surface area contributed by atoms with E-state index in [0.717, 1.165) is 5.56 Å². The van der Waals surface area contributed by atoms with Gasteiger partial charge in [0.15, 0.2) is 0 Å². The van der Waals surface area contributed by atoms with E-state index < -0.39 is 11.4 Å². The van der Waals surface area contributed by atoms with Gasteiger partial charge in [0.05, 0.1) is 11.5 Å². The predicted molar refractivity (Wildman–Crippen MR) is 71.8 cm³/mol. The topological polar surface area (TPSA) is 73.1 Å². The van der Waals surface area contributed by atoms with E-state index in [1.807, 2.05) is 0 Å². The number of aliphatic carboxylic acids is 1. The highest BCUT2D eigenvalue weighted by atomic mass is 19.1. The number of hydrogen-bond acceptors (Lipinski definition) is 3. The first-order chi connectivity index (χ1) is 9.57. The molecular weight excluding hydrogens is 259 g/mol. The lowest BCUT2D eigenvalue weighted by atomic mass is 9.72. The zero-order chi connectivity index (χ0) is 14.6. The molecule has 1 fully saturated rings. The van der Waals surface area contributed by atoms with Gasteiger partial charge in [-0.2, -0.15) is 5.26 Å². The van der Waals surface area contributed by atoms with Crippen LogP contribution < -0.4 is 5.32 Å². The average Bonchev–Trinajstić information content (AvgIpc) is 2.46. The summed E-state index contributed by atoms with van der Waals surface area (Å²) in [5.74, 6) is -1.27. The molecule has 2 N–H and O–H groups in total. The third kappa shape index (κ3) is 2.97. The van der Waals surface area contributed by atoms with Crippen molar-refractivity contribution in [1.29, 1.82) is 5.26 Å². The van der Waals surface area contributed by atoms with E-state index in [1.54, 1.807) is 6.07 Å². The number of piperidine rings is 1. The first kappa shape index (κ1) is 14.5. The summed E-state index contributed by atoms with van der Waals surface area (Å²) in [4.78, 5) is 10.7. The molecule has 20 heavy (non-hydrogen) atoms. The average molecular weight is 276 g/mol. The molecule has 0 aliphatic carbocycles. The fourth-order valence-electron chi connectivity index (χ4n) is 2.75. The molecule has 0 saturated carbocycles. The number of nitriles is 1. The van der Waals surface area contributed by atoms with Crippen LogP contribution in [0.2, 0.25) is 0 Å². The zero-order valence-corrected chi connectivity index (χ0v) is 11.2. The molecule has 5 heteroatoms. The lowest BCUT2D eigenvalue weighted by Gasteiger charge is -2.33. The molecule has 1 saturated heterocycles. The molecule has 1 aromatic carbocycles. The molecular formula is C15H17FN2O2. The van der Waals surface area contributed by atoms with Crippen LogP contribution in [0.15, 0.2) is 18.2 Å². The van der Waals surface area contributed by atoms with Gasteiger partial charge in [-0.1, -0.05) is 6.07 Å². The largest absolute Gasteiger partial charge is 0.481 e. The Kier molecular flexibility index (Phi) is 4.35. The Hall–Kier alpha value is -1.93. The maximum Gasteiger partial charge on any atom is 0.303 e. The van der Waals surface area contributed by atoms with Gasteiger partial charge >= 0.3 is 5.97 Å². The lowest BCUT2D eigenvalue weighted by Crippen LogP contribution is -2.39. The quantitative estimate of drug-likeness (QED) is 0.882. The van der Waals surface area contributed by atoms with Crippen molar-refractivity contribution in [2.24, 2.45) is 0 Å². The second-order valence-electron chi connectivity index (χ2n) is 5.14. The van der Waals surface area contributed by atoms with Crippen LogP contribution in [0, 0.1) is 17.1 Å². The number of carbonyl (C=O) groups is 1. The molecule has 0 radical (unpaired) electrons. The van der Waals surface area contributed by atoms with Crippen LogP contribution in [0.5, 0.6) is 0 Å². The van der Waals surface area contributed by atoms with Crippen molar-refractivity contribution < 1.29 is 14.3 Å². The molecule has 1 aromatic rings. The number of carboxylic acids is 1. The Balaban J connectivity index is 2.39. The van der Waals surface area contributed by atoms with Gasteiger partial charge in [0.1, 0.15) is 5.82 Å². The number of rotatable bonds is 4. The summed E-state index contributed by atoms with van der Waals surface area (Å²) < 4.78 is 13.6. The molecule has 0 bridgehead atoms. The number of aryl methyl sites for hydroxylation is 1. The van der Waals surface area contributed by atoms with Crippen molar-refractivity contribution >= 4 is 5.97 Å². The van der Waals surface area contributed by atoms with E-state index in [9.17, 15) is 14.4 Å². The van der Waals surface area contributed by atoms with Crippen molar-refractivity contribution in [1.82, 2.24) is 5.32 Å². The predicted octanol–water partition coefficient (Wildman–Crippen LogP) is 1.99. The van der Waals surface area contributed by atoms with Crippen LogP contribution in [0.3, 0.4) is 0 Å². The van der Waals surface area contributed by atoms with Crippen LogP contribution in [-0.4, -0.2) is 24.2 Å². The molecule has 0 aromatic heterocycles. The van der Waals surface area contributed by atoms with Crippen LogP contribution in [-0.2, 0) is 16.6 Å². The van der Waals surface area contributed by atoms with Crippen molar-refractivity contribution in [3.63, 3.8) is 0 Å². The zero-order valence-electron chi connectivity index (χ0n) is 11.2. The highest BCUT2D eigenvalue weighted by molar-refractivity contribution is 5.67. The fraction of sp³-hybridized carbons (Fsp3) is 0.467. The number of hydrogen-bond donors (Lipinski definition) is 2. The third-order valence-electron chi connectivity index (χ3n) is 3.87. The van der Waals surface area contributed by atoms with Crippen LogP contribution >= 0.6 is 0 Å². The number of carboxylic acid groups (broad SMARTS) is 1. The molecule has 0 unspecified atom stereocenters. The first-order valence-electron chi connectivity index (χ1n) is 6.70. The second kappa shape index (κ2) is 6.02. The van der Waals surface area contributed by atoms with Crippen LogP contribution in [0.4, 0.5) is 4.39 Å². The summed E-state index contributed by atoms with van der Waals surface area (Å²) in [7, 11) is 0. The summed E-state index contributed by atoms with van der Waals surface area (Å²) in [6.07, 6.45) is 1.54. The van der Waals surface area contributed by atoms with E-state index in [1.165, 1.54) is 12.1 Å². The molecule has 106 valence electrons. The minimum atomic E-state index is -0.892. The number of halogens is 1. The van der Waals surface area contributed by atoms with Gasteiger partial charge < -0.3 is 10.4 Å². The van der Waals surface area contributed by atoms with Crippen molar-refractivity contribution in [3.8, 4) is 6.07 Å². The normalized spacial score (nSPS) is 17.4. The number of nitrogens with one attached hydrogen (secondary N) is 1. The summed E-state index contributed by atoms with van der Waals surface area (Å²) in [5.41, 5.74) is 0.710. The molecule has 0 amide bonds. The van der Waals surface area contributed by atoms with E-state index in [4.69, 9.17) is 5.11 Å². The molecule has 1 aliphatic rings. The first-order valence-corrected chi connectivity index (χ1v) is 6.70. The van der Waals surface area contributed by atoms with E-state index in [0.29, 0.717) is 37.9 Å². The van der Waals surface area contributed by atoms with Crippen LogP contribution in [0.25, 0.3) is 0 Å². The van der Waals surface area contributed by atoms with E-state index in [2.05, 4.69) is 11.4 Å². The molecule has 0 spiro atoms. The van der Waals surface area contributed by atoms with Gasteiger partial charge in [0.25, 0.3) is 0 Å². The summed E-state index contributed by atoms with van der Waals surface area (Å²) in [6.45, 7) is 1.42. The molecule has 2 rings (SSSR count). The van der Waals surface area contributed by atoms with E-state index in [-0.39, 0.29) is 12.2 Å². The second-order valence-corrected chi connectivity index (χ2v) is 5.14. The van der Waals surface area contributed by atoms with Gasteiger partial charge in [0, 0.05) is 6.42 Å². The Morgan fingerprint density at radius 3 is 2.75 bits per heavy atom. The molecule has 1 aliphatic heterocycles. The monoisotopic (exact) mass is 276 g/mol. The smallest absolute Gasteiger partial charge is 0.303 e. The highest BCUT2D eigenvalue weighted by Gasteiger charge is 2.36. The van der Waals surface area contributed by atoms with Gasteiger partial charge in [0.2, 0.25) is 0 Å². The van der Waals surface area contributed by atoms with Crippen LogP contribution in [0.1, 0.15) is 30.4 Å². The van der Waals surface area contributed by atoms with Gasteiger partial charge in [-0.05, 0) is 55.6 Å². The van der Waals surface area contributed by atoms with Gasteiger partial charge in [-0.15, -0.1) is 0 Å². The SMILES string of the molecule is N#CC1(c2cc(F)ccc2CCC(=O)O)CCNCC1.